The number of phosphoric acid groups is 2. The molecule has 0 saturated heterocycles. The van der Waals surface area contributed by atoms with Crippen LogP contribution >= 0.6 is 15.6 Å². The minimum absolute atomic E-state index is 0.107. The van der Waals surface area contributed by atoms with Gasteiger partial charge in [0, 0.05) is 25.7 Å². The fraction of sp³-hybridized carbons (Fsp3) is 0.946. The van der Waals surface area contributed by atoms with Crippen molar-refractivity contribution in [1.82, 2.24) is 0 Å². The summed E-state index contributed by atoms with van der Waals surface area (Å²) in [6.07, 6.45) is 52.7. The van der Waals surface area contributed by atoms with Crippen LogP contribution in [-0.2, 0) is 65.4 Å². The lowest BCUT2D eigenvalue weighted by molar-refractivity contribution is -0.161. The van der Waals surface area contributed by atoms with Crippen LogP contribution in [0.15, 0.2) is 0 Å². The number of hydrogen-bond donors (Lipinski definition) is 3. The lowest BCUT2D eigenvalue weighted by atomic mass is 10.0. The molecule has 0 radical (unpaired) electrons. The number of hydrogen-bond acceptors (Lipinski definition) is 15. The van der Waals surface area contributed by atoms with Crippen molar-refractivity contribution in [3.8, 4) is 0 Å². The standard InChI is InChI=1S/C74H144O17P2/c1-7-9-11-13-15-16-17-18-22-29-34-40-46-52-58-73(78)90-69(62-84-71(76)56-50-44-36-14-12-10-8-2)64-88-92(80,81)86-60-68(75)61-87-93(82,83)89-65-70(63-85-72(77)57-51-45-39-33-28-25-24-27-32-38-43-49-55-67(5)6)91-74(79)59-53-47-41-35-30-23-20-19-21-26-31-37-42-48-54-66(3)4/h66-70,75H,7-65H2,1-6H3,(H,80,81)(H,82,83)/t68-,69+,70+/m0/s1. The van der Waals surface area contributed by atoms with Gasteiger partial charge in [0.15, 0.2) is 12.2 Å². The van der Waals surface area contributed by atoms with Crippen molar-refractivity contribution in [2.45, 2.75) is 400 Å². The lowest BCUT2D eigenvalue weighted by Crippen LogP contribution is -2.30. The van der Waals surface area contributed by atoms with E-state index in [1.165, 1.54) is 186 Å². The molecule has 0 amide bonds. The zero-order chi connectivity index (χ0) is 68.6. The fourth-order valence-electron chi connectivity index (χ4n) is 11.3. The van der Waals surface area contributed by atoms with Crippen molar-refractivity contribution in [3.05, 3.63) is 0 Å². The molecule has 0 aromatic carbocycles. The third-order valence-electron chi connectivity index (χ3n) is 17.2. The van der Waals surface area contributed by atoms with Crippen LogP contribution in [0.1, 0.15) is 382 Å². The number of carbonyl (C=O) groups excluding carboxylic acids is 4. The van der Waals surface area contributed by atoms with Crippen LogP contribution in [0, 0.1) is 11.8 Å². The van der Waals surface area contributed by atoms with Crippen molar-refractivity contribution in [2.75, 3.05) is 39.6 Å². The second-order valence-corrected chi connectivity index (χ2v) is 30.5. The van der Waals surface area contributed by atoms with Gasteiger partial charge in [-0.25, -0.2) is 9.13 Å². The Morgan fingerprint density at radius 1 is 0.290 bits per heavy atom. The minimum atomic E-state index is -4.95. The molecule has 0 heterocycles. The summed E-state index contributed by atoms with van der Waals surface area (Å²) in [7, 11) is -9.90. The maximum absolute atomic E-state index is 13.1. The zero-order valence-corrected chi connectivity index (χ0v) is 62.3. The van der Waals surface area contributed by atoms with Gasteiger partial charge in [-0.3, -0.25) is 37.3 Å². The first-order chi connectivity index (χ1) is 44.9. The number of aliphatic hydroxyl groups is 1. The summed E-state index contributed by atoms with van der Waals surface area (Å²) >= 11 is 0. The molecule has 0 saturated carbocycles. The maximum Gasteiger partial charge on any atom is 0.472 e. The molecule has 0 aliphatic rings. The maximum atomic E-state index is 13.1. The molecule has 3 N–H and O–H groups in total. The number of carbonyl (C=O) groups is 4. The first kappa shape index (κ1) is 91.1. The van der Waals surface area contributed by atoms with Gasteiger partial charge in [-0.2, -0.15) is 0 Å². The van der Waals surface area contributed by atoms with Gasteiger partial charge in [0.1, 0.15) is 19.3 Å². The number of esters is 4. The molecule has 0 aromatic rings. The molecule has 0 bridgehead atoms. The topological polar surface area (TPSA) is 237 Å². The molecule has 0 aliphatic carbocycles. The Hall–Kier alpha value is -1.94. The summed E-state index contributed by atoms with van der Waals surface area (Å²) in [5.74, 6) is -0.544. The second kappa shape index (κ2) is 66.0. The summed E-state index contributed by atoms with van der Waals surface area (Å²) in [4.78, 5) is 72.6. The SMILES string of the molecule is CCCCCCCCCCCCCCCCC(=O)O[C@H](COC(=O)CCCCCCCCC)COP(=O)(O)OC[C@H](O)COP(=O)(O)OC[C@@H](COC(=O)CCCCCCCCCCCCCCC(C)C)OC(=O)CCCCCCCCCCCCCCCCC(C)C. The van der Waals surface area contributed by atoms with Crippen molar-refractivity contribution < 1.29 is 80.2 Å². The zero-order valence-electron chi connectivity index (χ0n) is 60.6. The average molecular weight is 1370 g/mol. The van der Waals surface area contributed by atoms with E-state index in [4.69, 9.17) is 37.0 Å². The monoisotopic (exact) mass is 1370 g/mol. The lowest BCUT2D eigenvalue weighted by Gasteiger charge is -2.21. The van der Waals surface area contributed by atoms with Crippen LogP contribution in [0.5, 0.6) is 0 Å². The summed E-state index contributed by atoms with van der Waals surface area (Å²) in [6.45, 7) is 9.58. The molecule has 93 heavy (non-hydrogen) atoms. The third-order valence-corrected chi connectivity index (χ3v) is 19.1. The number of aliphatic hydroxyl groups excluding tert-OH is 1. The van der Waals surface area contributed by atoms with Crippen LogP contribution in [-0.4, -0.2) is 96.7 Å². The van der Waals surface area contributed by atoms with Gasteiger partial charge >= 0.3 is 39.5 Å². The van der Waals surface area contributed by atoms with E-state index in [-0.39, 0.29) is 25.7 Å². The number of ether oxygens (including phenoxy) is 4. The van der Waals surface area contributed by atoms with Crippen molar-refractivity contribution in [1.29, 1.82) is 0 Å². The Balaban J connectivity index is 5.20. The van der Waals surface area contributed by atoms with Gasteiger partial charge in [0.2, 0.25) is 0 Å². The molecule has 17 nitrogen and oxygen atoms in total. The summed E-state index contributed by atoms with van der Waals surface area (Å²) < 4.78 is 68.4. The van der Waals surface area contributed by atoms with Gasteiger partial charge in [0.25, 0.3) is 0 Å². The molecular weight excluding hydrogens is 1220 g/mol. The highest BCUT2D eigenvalue weighted by atomic mass is 31.2. The van der Waals surface area contributed by atoms with E-state index in [1.54, 1.807) is 0 Å². The van der Waals surface area contributed by atoms with Crippen molar-refractivity contribution in [2.24, 2.45) is 11.8 Å². The average Bonchev–Trinajstić information content (AvgIpc) is 3.74. The Bertz CT molecular complexity index is 1800. The van der Waals surface area contributed by atoms with E-state index in [0.717, 1.165) is 115 Å². The van der Waals surface area contributed by atoms with E-state index in [0.29, 0.717) is 25.7 Å². The van der Waals surface area contributed by atoms with Gasteiger partial charge in [-0.05, 0) is 37.5 Å². The van der Waals surface area contributed by atoms with Crippen molar-refractivity contribution in [3.63, 3.8) is 0 Å². The molecule has 0 aromatic heterocycles. The van der Waals surface area contributed by atoms with Gasteiger partial charge in [-0.15, -0.1) is 0 Å². The highest BCUT2D eigenvalue weighted by molar-refractivity contribution is 7.47. The smallest absolute Gasteiger partial charge is 0.462 e. The molecule has 552 valence electrons. The van der Waals surface area contributed by atoms with Crippen LogP contribution in [0.4, 0.5) is 0 Å². The Labute approximate surface area is 568 Å². The third kappa shape index (κ3) is 68.4. The fourth-order valence-corrected chi connectivity index (χ4v) is 12.9. The van der Waals surface area contributed by atoms with Gasteiger partial charge < -0.3 is 33.8 Å². The van der Waals surface area contributed by atoms with E-state index in [1.807, 2.05) is 0 Å². The first-order valence-corrected chi connectivity index (χ1v) is 41.5. The van der Waals surface area contributed by atoms with Crippen LogP contribution < -0.4 is 0 Å². The highest BCUT2D eigenvalue weighted by Crippen LogP contribution is 2.45. The number of rotatable bonds is 73. The molecule has 5 atom stereocenters. The molecule has 0 rings (SSSR count). The normalized spacial score (nSPS) is 14.1. The first-order valence-electron chi connectivity index (χ1n) is 38.5. The summed E-state index contributed by atoms with van der Waals surface area (Å²) in [5, 5.41) is 10.6. The van der Waals surface area contributed by atoms with Crippen LogP contribution in [0.2, 0.25) is 0 Å². The highest BCUT2D eigenvalue weighted by Gasteiger charge is 2.30. The molecule has 2 unspecified atom stereocenters. The Morgan fingerprint density at radius 2 is 0.495 bits per heavy atom. The van der Waals surface area contributed by atoms with Crippen molar-refractivity contribution >= 4 is 39.5 Å². The van der Waals surface area contributed by atoms with Gasteiger partial charge in [0.05, 0.1) is 26.4 Å². The largest absolute Gasteiger partial charge is 0.472 e. The van der Waals surface area contributed by atoms with Crippen LogP contribution in [0.3, 0.4) is 0 Å². The quantitative estimate of drug-likeness (QED) is 0.0222. The number of unbranched alkanes of at least 4 members (excludes halogenated alkanes) is 43. The van der Waals surface area contributed by atoms with E-state index in [2.05, 4.69) is 41.5 Å². The molecule has 0 fully saturated rings. The van der Waals surface area contributed by atoms with E-state index < -0.39 is 97.5 Å². The molecule has 0 spiro atoms. The Morgan fingerprint density at radius 3 is 0.731 bits per heavy atom. The van der Waals surface area contributed by atoms with E-state index >= 15 is 0 Å². The molecular formula is C74H144O17P2. The number of phosphoric ester groups is 2. The van der Waals surface area contributed by atoms with Crippen LogP contribution in [0.25, 0.3) is 0 Å². The second-order valence-electron chi connectivity index (χ2n) is 27.6. The molecule has 0 aliphatic heterocycles. The summed E-state index contributed by atoms with van der Waals surface area (Å²) in [6, 6.07) is 0. The predicted molar refractivity (Wildman–Crippen MR) is 377 cm³/mol. The minimum Gasteiger partial charge on any atom is -0.462 e. The summed E-state index contributed by atoms with van der Waals surface area (Å²) in [5.41, 5.74) is 0. The Kier molecular flexibility index (Phi) is 64.6. The predicted octanol–water partition coefficient (Wildman–Crippen LogP) is 21.6. The van der Waals surface area contributed by atoms with E-state index in [9.17, 15) is 43.2 Å². The van der Waals surface area contributed by atoms with Gasteiger partial charge in [-0.1, -0.05) is 330 Å². The molecule has 19 heteroatoms.